The molecule has 3 N–H and O–H groups in total. The summed E-state index contributed by atoms with van der Waals surface area (Å²) in [5, 5.41) is 10.0. The molecule has 4 rings (SSSR count). The van der Waals surface area contributed by atoms with Gasteiger partial charge in [0.15, 0.2) is 10.7 Å². The summed E-state index contributed by atoms with van der Waals surface area (Å²) in [6.45, 7) is 3.17. The smallest absolute Gasteiger partial charge is 0.410 e. The van der Waals surface area contributed by atoms with Crippen LogP contribution in [0.3, 0.4) is 0 Å². The van der Waals surface area contributed by atoms with Crippen molar-refractivity contribution in [3.05, 3.63) is 16.0 Å². The molecule has 0 fully saturated rings. The number of thiophene rings is 1. The Balaban J connectivity index is 1.64. The average Bonchev–Trinajstić information content (AvgIpc) is 3.06. The lowest BCUT2D eigenvalue weighted by Crippen LogP contribution is -2.41. The van der Waals surface area contributed by atoms with E-state index in [1.807, 2.05) is 0 Å². The van der Waals surface area contributed by atoms with Gasteiger partial charge in [-0.05, 0) is 30.7 Å². The number of hydrogen-bond acceptors (Lipinski definition) is 8. The van der Waals surface area contributed by atoms with Crippen molar-refractivity contribution in [1.29, 1.82) is 0 Å². The minimum Gasteiger partial charge on any atom is -0.450 e. The number of amidine groups is 1. The number of carbonyl (C=O) groups excluding carboxylic acids is 2. The molecule has 1 aromatic heterocycles. The molecule has 23 heavy (non-hydrogen) atoms. The maximum Gasteiger partial charge on any atom is 0.410 e. The topological polar surface area (TPSA) is 100 Å². The van der Waals surface area contributed by atoms with Gasteiger partial charge in [0.2, 0.25) is 0 Å². The predicted molar refractivity (Wildman–Crippen MR) is 88.2 cm³/mol. The van der Waals surface area contributed by atoms with Crippen molar-refractivity contribution in [2.45, 2.75) is 25.4 Å². The number of thioether (sulfide) groups is 1. The quantitative estimate of drug-likeness (QED) is 0.791. The van der Waals surface area contributed by atoms with Crippen LogP contribution >= 0.6 is 23.1 Å². The Morgan fingerprint density at radius 2 is 2.39 bits per heavy atom. The Morgan fingerprint density at radius 3 is 3.17 bits per heavy atom. The van der Waals surface area contributed by atoms with Crippen molar-refractivity contribution >= 4 is 45.3 Å². The third-order valence-electron chi connectivity index (χ3n) is 3.92. The van der Waals surface area contributed by atoms with Gasteiger partial charge in [0.25, 0.3) is 5.91 Å². The third-order valence-corrected chi connectivity index (χ3v) is 5.93. The fraction of sp³-hybridized carbons (Fsp3) is 0.462. The second-order valence-electron chi connectivity index (χ2n) is 5.28. The molecule has 0 saturated carbocycles. The molecule has 3 aliphatic heterocycles. The summed E-state index contributed by atoms with van der Waals surface area (Å²) in [5.41, 5.74) is 7.10. The van der Waals surface area contributed by atoms with Crippen LogP contribution in [0.2, 0.25) is 0 Å². The van der Waals surface area contributed by atoms with E-state index in [0.29, 0.717) is 36.8 Å². The second-order valence-corrected chi connectivity index (χ2v) is 7.49. The first-order chi connectivity index (χ1) is 11.1. The van der Waals surface area contributed by atoms with Crippen molar-refractivity contribution in [3.63, 3.8) is 0 Å². The van der Waals surface area contributed by atoms with Crippen LogP contribution in [0.15, 0.2) is 5.10 Å². The van der Waals surface area contributed by atoms with E-state index in [1.165, 1.54) is 28.1 Å². The monoisotopic (exact) mass is 353 g/mol. The lowest BCUT2D eigenvalue weighted by atomic mass is 10.0. The van der Waals surface area contributed by atoms with E-state index in [0.717, 1.165) is 15.4 Å². The van der Waals surface area contributed by atoms with Crippen molar-refractivity contribution in [3.8, 4) is 0 Å². The average molecular weight is 353 g/mol. The number of nitrogens with zero attached hydrogens (tertiary/aromatic N) is 3. The summed E-state index contributed by atoms with van der Waals surface area (Å²) < 4.78 is 5.06. The minimum absolute atomic E-state index is 0.126. The molecule has 4 heterocycles. The number of rotatable bonds is 1. The Labute approximate surface area is 140 Å². The number of hydrogen-bond donors (Lipinski definition) is 2. The zero-order valence-electron chi connectivity index (χ0n) is 12.4. The van der Waals surface area contributed by atoms with Gasteiger partial charge in [-0.3, -0.25) is 4.79 Å². The molecular formula is C13H15N5O3S2. The summed E-state index contributed by atoms with van der Waals surface area (Å²) in [4.78, 5) is 27.3. The van der Waals surface area contributed by atoms with E-state index in [4.69, 9.17) is 10.5 Å². The molecule has 122 valence electrons. The maximum absolute atomic E-state index is 12.7. The summed E-state index contributed by atoms with van der Waals surface area (Å²) in [5.74, 6) is -0.126. The molecule has 0 spiro atoms. The summed E-state index contributed by atoms with van der Waals surface area (Å²) in [6, 6.07) is 0. The highest BCUT2D eigenvalue weighted by Crippen LogP contribution is 2.43. The standard InChI is InChI=1S/C13H15N5O3S2/c1-2-21-13(20)17-4-3-6-7(5-17)22-9-8(6)10(19)18-12(15-9)23-11(14)16-18/h12,15H,2-5H2,1H3,(H2,14,16). The maximum atomic E-state index is 12.7. The first-order valence-electron chi connectivity index (χ1n) is 7.25. The Bertz CT molecular complexity index is 731. The molecule has 0 aromatic carbocycles. The Kier molecular flexibility index (Phi) is 3.38. The third kappa shape index (κ3) is 2.24. The number of amides is 2. The van der Waals surface area contributed by atoms with Crippen molar-refractivity contribution in [2.75, 3.05) is 18.5 Å². The fourth-order valence-electron chi connectivity index (χ4n) is 2.92. The largest absolute Gasteiger partial charge is 0.450 e. The summed E-state index contributed by atoms with van der Waals surface area (Å²) >= 11 is 2.84. The lowest BCUT2D eigenvalue weighted by Gasteiger charge is -2.29. The molecule has 10 heteroatoms. The van der Waals surface area contributed by atoms with Gasteiger partial charge in [-0.2, -0.15) is 5.01 Å². The van der Waals surface area contributed by atoms with Gasteiger partial charge in [0, 0.05) is 11.4 Å². The minimum atomic E-state index is -0.308. The van der Waals surface area contributed by atoms with Crippen LogP contribution in [0, 0.1) is 0 Å². The SMILES string of the molecule is CCOC(=O)N1CCc2c(sc3c2C(=O)N2N=C(N)SC2N3)C1. The Hall–Kier alpha value is -1.94. The molecule has 0 saturated heterocycles. The predicted octanol–water partition coefficient (Wildman–Crippen LogP) is 1.39. The number of carbonyl (C=O) groups is 2. The van der Waals surface area contributed by atoms with Crippen molar-refractivity contribution in [1.82, 2.24) is 9.91 Å². The normalized spacial score (nSPS) is 22.0. The highest BCUT2D eigenvalue weighted by molar-refractivity contribution is 8.14. The van der Waals surface area contributed by atoms with Crippen LogP contribution in [0.1, 0.15) is 27.7 Å². The molecule has 2 amide bonds. The second kappa shape index (κ2) is 5.31. The van der Waals surface area contributed by atoms with Crippen LogP contribution in [0.4, 0.5) is 9.80 Å². The molecule has 0 aliphatic carbocycles. The van der Waals surface area contributed by atoms with Gasteiger partial charge < -0.3 is 20.7 Å². The Morgan fingerprint density at radius 1 is 1.57 bits per heavy atom. The first kappa shape index (κ1) is 14.6. The van der Waals surface area contributed by atoms with Crippen LogP contribution in [-0.2, 0) is 17.7 Å². The molecule has 8 nitrogen and oxygen atoms in total. The number of hydrazone groups is 1. The molecule has 1 unspecified atom stereocenters. The van der Waals surface area contributed by atoms with Gasteiger partial charge >= 0.3 is 6.09 Å². The van der Waals surface area contributed by atoms with Crippen LogP contribution in [0.5, 0.6) is 0 Å². The molecule has 0 radical (unpaired) electrons. The van der Waals surface area contributed by atoms with Crippen LogP contribution in [-0.4, -0.2) is 45.7 Å². The van der Waals surface area contributed by atoms with E-state index in [1.54, 1.807) is 11.8 Å². The molecule has 3 aliphatic rings. The number of ether oxygens (including phenoxy) is 1. The number of anilines is 1. The van der Waals surface area contributed by atoms with Gasteiger partial charge in [-0.1, -0.05) is 0 Å². The van der Waals surface area contributed by atoms with Crippen LogP contribution < -0.4 is 11.1 Å². The van der Waals surface area contributed by atoms with Crippen LogP contribution in [0.25, 0.3) is 0 Å². The fourth-order valence-corrected chi connectivity index (χ4v) is 5.05. The highest BCUT2D eigenvalue weighted by atomic mass is 32.2. The molecular weight excluding hydrogens is 338 g/mol. The summed E-state index contributed by atoms with van der Waals surface area (Å²) in [6.07, 6.45) is 0.329. The zero-order chi connectivity index (χ0) is 16.1. The van der Waals surface area contributed by atoms with Crippen molar-refractivity contribution < 1.29 is 14.3 Å². The van der Waals surface area contributed by atoms with Crippen molar-refractivity contribution in [2.24, 2.45) is 10.8 Å². The zero-order valence-corrected chi connectivity index (χ0v) is 14.0. The summed E-state index contributed by atoms with van der Waals surface area (Å²) in [7, 11) is 0. The number of nitrogens with one attached hydrogen (secondary N) is 1. The van der Waals surface area contributed by atoms with Gasteiger partial charge in [0.1, 0.15) is 5.00 Å². The van der Waals surface area contributed by atoms with E-state index in [2.05, 4.69) is 10.4 Å². The lowest BCUT2D eigenvalue weighted by molar-refractivity contribution is 0.0750. The molecule has 0 bridgehead atoms. The van der Waals surface area contributed by atoms with Gasteiger partial charge in [-0.15, -0.1) is 16.4 Å². The first-order valence-corrected chi connectivity index (χ1v) is 8.95. The van der Waals surface area contributed by atoms with E-state index < -0.39 is 0 Å². The molecule has 1 aromatic rings. The van der Waals surface area contributed by atoms with Gasteiger partial charge in [0.05, 0.1) is 18.7 Å². The number of nitrogens with two attached hydrogens (primary N) is 1. The molecule has 1 atom stereocenters. The van der Waals surface area contributed by atoms with E-state index in [-0.39, 0.29) is 17.5 Å². The number of fused-ring (bicyclic) bond motifs is 4. The van der Waals surface area contributed by atoms with E-state index >= 15 is 0 Å². The van der Waals surface area contributed by atoms with Gasteiger partial charge in [-0.25, -0.2) is 4.79 Å². The van der Waals surface area contributed by atoms with E-state index in [9.17, 15) is 9.59 Å². The highest BCUT2D eigenvalue weighted by Gasteiger charge is 2.41.